The standard InChI is InChI=1S/C18H13N3O3S2/c1-11(15-20-21-16(24-15)12-5-3-2-4-6-12)23-18(22)14-10-26-17(19-14)13-7-8-25-9-13/h2-11H,1H3. The zero-order valence-corrected chi connectivity index (χ0v) is 15.3. The molecule has 26 heavy (non-hydrogen) atoms. The first kappa shape index (κ1) is 16.6. The van der Waals surface area contributed by atoms with Crippen LogP contribution >= 0.6 is 22.7 Å². The minimum Gasteiger partial charge on any atom is -0.448 e. The second-order valence-corrected chi connectivity index (χ2v) is 7.05. The van der Waals surface area contributed by atoms with Crippen molar-refractivity contribution >= 4 is 28.6 Å². The second-order valence-electron chi connectivity index (χ2n) is 5.41. The molecule has 4 aromatic rings. The van der Waals surface area contributed by atoms with Crippen molar-refractivity contribution in [2.45, 2.75) is 13.0 Å². The maximum atomic E-state index is 12.3. The van der Waals surface area contributed by atoms with E-state index in [0.29, 0.717) is 5.89 Å². The van der Waals surface area contributed by atoms with Crippen LogP contribution in [0.1, 0.15) is 29.4 Å². The van der Waals surface area contributed by atoms with Crippen LogP contribution in [-0.2, 0) is 4.74 Å². The van der Waals surface area contributed by atoms with Gasteiger partial charge in [-0.3, -0.25) is 0 Å². The number of thiophene rings is 1. The highest BCUT2D eigenvalue weighted by Gasteiger charge is 2.21. The van der Waals surface area contributed by atoms with Crippen molar-refractivity contribution in [3.8, 4) is 22.0 Å². The van der Waals surface area contributed by atoms with Crippen LogP contribution in [-0.4, -0.2) is 21.2 Å². The van der Waals surface area contributed by atoms with Crippen LogP contribution in [0, 0.1) is 0 Å². The quantitative estimate of drug-likeness (QED) is 0.459. The molecular weight excluding hydrogens is 370 g/mol. The molecule has 6 nitrogen and oxygen atoms in total. The fourth-order valence-corrected chi connectivity index (χ4v) is 3.76. The minimum absolute atomic E-state index is 0.241. The smallest absolute Gasteiger partial charge is 0.358 e. The van der Waals surface area contributed by atoms with Gasteiger partial charge >= 0.3 is 5.97 Å². The summed E-state index contributed by atoms with van der Waals surface area (Å²) in [5.74, 6) is 0.108. The van der Waals surface area contributed by atoms with Crippen molar-refractivity contribution < 1.29 is 13.9 Å². The Kier molecular flexibility index (Phi) is 4.59. The lowest BCUT2D eigenvalue weighted by Crippen LogP contribution is -2.10. The molecule has 3 aromatic heterocycles. The molecule has 1 atom stereocenters. The van der Waals surface area contributed by atoms with E-state index in [9.17, 15) is 4.79 Å². The highest BCUT2D eigenvalue weighted by molar-refractivity contribution is 7.14. The monoisotopic (exact) mass is 383 g/mol. The summed E-state index contributed by atoms with van der Waals surface area (Å²) in [6, 6.07) is 11.4. The molecule has 3 heterocycles. The van der Waals surface area contributed by atoms with Gasteiger partial charge in [-0.15, -0.1) is 21.5 Å². The van der Waals surface area contributed by atoms with E-state index in [1.165, 1.54) is 11.3 Å². The summed E-state index contributed by atoms with van der Waals surface area (Å²) in [7, 11) is 0. The molecule has 0 fully saturated rings. The molecular formula is C18H13N3O3S2. The first-order chi connectivity index (χ1) is 12.7. The molecule has 0 aliphatic heterocycles. The first-order valence-electron chi connectivity index (χ1n) is 7.78. The van der Waals surface area contributed by atoms with Crippen LogP contribution in [0.5, 0.6) is 0 Å². The highest BCUT2D eigenvalue weighted by Crippen LogP contribution is 2.27. The van der Waals surface area contributed by atoms with E-state index < -0.39 is 12.1 Å². The molecule has 0 N–H and O–H groups in total. The van der Waals surface area contributed by atoms with Gasteiger partial charge < -0.3 is 9.15 Å². The Morgan fingerprint density at radius 1 is 1.12 bits per heavy atom. The van der Waals surface area contributed by atoms with E-state index in [2.05, 4.69) is 15.2 Å². The number of nitrogens with zero attached hydrogens (tertiary/aromatic N) is 3. The molecule has 8 heteroatoms. The number of benzene rings is 1. The number of thiazole rings is 1. The van der Waals surface area contributed by atoms with Crippen LogP contribution < -0.4 is 0 Å². The van der Waals surface area contributed by atoms with E-state index in [-0.39, 0.29) is 11.6 Å². The third kappa shape index (κ3) is 3.42. The molecule has 0 saturated carbocycles. The summed E-state index contributed by atoms with van der Waals surface area (Å²) < 4.78 is 11.0. The van der Waals surface area contributed by atoms with Crippen LogP contribution in [0.3, 0.4) is 0 Å². The third-order valence-electron chi connectivity index (χ3n) is 3.57. The van der Waals surface area contributed by atoms with Crippen LogP contribution in [0.2, 0.25) is 0 Å². The zero-order valence-electron chi connectivity index (χ0n) is 13.7. The largest absolute Gasteiger partial charge is 0.448 e. The Bertz CT molecular complexity index is 1010. The molecule has 0 bridgehead atoms. The van der Waals surface area contributed by atoms with Gasteiger partial charge in [0.25, 0.3) is 5.89 Å². The maximum absolute atomic E-state index is 12.3. The van der Waals surface area contributed by atoms with E-state index in [0.717, 1.165) is 16.1 Å². The summed E-state index contributed by atoms with van der Waals surface area (Å²) in [4.78, 5) is 16.7. The van der Waals surface area contributed by atoms with Crippen LogP contribution in [0.25, 0.3) is 22.0 Å². The van der Waals surface area contributed by atoms with Gasteiger partial charge in [0.1, 0.15) is 5.01 Å². The van der Waals surface area contributed by atoms with Gasteiger partial charge in [0, 0.05) is 21.9 Å². The lowest BCUT2D eigenvalue weighted by atomic mass is 10.2. The molecule has 4 rings (SSSR count). The van der Waals surface area contributed by atoms with E-state index in [1.54, 1.807) is 23.6 Å². The number of rotatable bonds is 5. The lowest BCUT2D eigenvalue weighted by molar-refractivity contribution is 0.0274. The van der Waals surface area contributed by atoms with Crippen molar-refractivity contribution in [1.82, 2.24) is 15.2 Å². The summed E-state index contributed by atoms with van der Waals surface area (Å²) in [6.07, 6.45) is -0.668. The molecule has 0 saturated heterocycles. The molecule has 0 amide bonds. The normalized spacial score (nSPS) is 12.0. The van der Waals surface area contributed by atoms with Crippen LogP contribution in [0.15, 0.2) is 57.0 Å². The lowest BCUT2D eigenvalue weighted by Gasteiger charge is -2.07. The van der Waals surface area contributed by atoms with E-state index in [4.69, 9.17) is 9.15 Å². The number of aromatic nitrogens is 3. The van der Waals surface area contributed by atoms with Crippen LogP contribution in [0.4, 0.5) is 0 Å². The van der Waals surface area contributed by atoms with Crippen molar-refractivity contribution in [3.63, 3.8) is 0 Å². The van der Waals surface area contributed by atoms with Gasteiger partial charge in [0.2, 0.25) is 5.89 Å². The summed E-state index contributed by atoms with van der Waals surface area (Å²) in [5, 5.41) is 14.4. The Hall–Kier alpha value is -2.84. The Morgan fingerprint density at radius 3 is 2.73 bits per heavy atom. The molecule has 1 unspecified atom stereocenters. The zero-order chi connectivity index (χ0) is 17.9. The van der Waals surface area contributed by atoms with Gasteiger partial charge in [0.15, 0.2) is 11.8 Å². The van der Waals surface area contributed by atoms with E-state index in [1.807, 2.05) is 47.2 Å². The Morgan fingerprint density at radius 2 is 1.96 bits per heavy atom. The maximum Gasteiger partial charge on any atom is 0.358 e. The average Bonchev–Trinajstić information content (AvgIpc) is 3.43. The summed E-state index contributed by atoms with van der Waals surface area (Å²) in [6.45, 7) is 1.69. The number of hydrogen-bond acceptors (Lipinski definition) is 8. The fourth-order valence-electron chi connectivity index (χ4n) is 2.25. The predicted octanol–water partition coefficient (Wildman–Crippen LogP) is 4.84. The average molecular weight is 383 g/mol. The third-order valence-corrected chi connectivity index (χ3v) is 5.15. The van der Waals surface area contributed by atoms with Crippen molar-refractivity contribution in [2.75, 3.05) is 0 Å². The minimum atomic E-state index is -0.668. The van der Waals surface area contributed by atoms with Crippen molar-refractivity contribution in [1.29, 1.82) is 0 Å². The molecule has 1 aromatic carbocycles. The SMILES string of the molecule is CC(OC(=O)c1csc(-c2ccsc2)n1)c1nnc(-c2ccccc2)o1. The highest BCUT2D eigenvalue weighted by atomic mass is 32.1. The molecule has 0 aliphatic carbocycles. The molecule has 0 radical (unpaired) electrons. The van der Waals surface area contributed by atoms with Gasteiger partial charge in [-0.05, 0) is 30.5 Å². The predicted molar refractivity (Wildman–Crippen MR) is 99.0 cm³/mol. The van der Waals surface area contributed by atoms with Gasteiger partial charge in [0.05, 0.1) is 0 Å². The number of esters is 1. The molecule has 0 aliphatic rings. The second kappa shape index (κ2) is 7.19. The van der Waals surface area contributed by atoms with Gasteiger partial charge in [-0.25, -0.2) is 9.78 Å². The van der Waals surface area contributed by atoms with E-state index >= 15 is 0 Å². The van der Waals surface area contributed by atoms with Crippen molar-refractivity contribution in [2.24, 2.45) is 0 Å². The first-order valence-corrected chi connectivity index (χ1v) is 9.61. The van der Waals surface area contributed by atoms with Gasteiger partial charge in [-0.2, -0.15) is 11.3 Å². The summed E-state index contributed by atoms with van der Waals surface area (Å²) >= 11 is 2.99. The number of carbonyl (C=O) groups excluding carboxylic acids is 1. The van der Waals surface area contributed by atoms with Crippen molar-refractivity contribution in [3.05, 3.63) is 64.1 Å². The Labute approximate surface area is 157 Å². The Balaban J connectivity index is 1.46. The number of ether oxygens (including phenoxy) is 1. The summed E-state index contributed by atoms with van der Waals surface area (Å²) in [5.41, 5.74) is 2.08. The van der Waals surface area contributed by atoms with Gasteiger partial charge in [-0.1, -0.05) is 18.2 Å². The number of carbonyl (C=O) groups is 1. The number of hydrogen-bond donors (Lipinski definition) is 0. The molecule has 0 spiro atoms. The molecule has 130 valence electrons. The topological polar surface area (TPSA) is 78.1 Å². The fraction of sp³-hybridized carbons (Fsp3) is 0.111.